The van der Waals surface area contributed by atoms with Gasteiger partial charge in [-0.1, -0.05) is 12.2 Å². The predicted octanol–water partition coefficient (Wildman–Crippen LogP) is 1.08. The van der Waals surface area contributed by atoms with Gasteiger partial charge in [0.15, 0.2) is 0 Å². The van der Waals surface area contributed by atoms with Crippen molar-refractivity contribution in [2.75, 3.05) is 39.3 Å². The minimum Gasteiger partial charge on any atom is -0.338 e. The van der Waals surface area contributed by atoms with Crippen LogP contribution < -0.4 is 5.73 Å². The fourth-order valence-electron chi connectivity index (χ4n) is 2.48. The topological polar surface area (TPSA) is 49.6 Å². The molecular formula is C14H27N3O. The van der Waals surface area contributed by atoms with E-state index in [-0.39, 0.29) is 5.91 Å². The Kier molecular flexibility index (Phi) is 6.36. The highest BCUT2D eigenvalue weighted by molar-refractivity contribution is 5.78. The van der Waals surface area contributed by atoms with Crippen LogP contribution in [-0.4, -0.2) is 55.0 Å². The quantitative estimate of drug-likeness (QED) is 0.721. The molecule has 0 aliphatic carbocycles. The molecule has 2 N–H and O–H groups in total. The van der Waals surface area contributed by atoms with Gasteiger partial charge < -0.3 is 10.6 Å². The van der Waals surface area contributed by atoms with E-state index in [4.69, 9.17) is 5.73 Å². The van der Waals surface area contributed by atoms with Crippen LogP contribution in [0.1, 0.15) is 26.7 Å². The lowest BCUT2D eigenvalue weighted by atomic mass is 9.98. The third kappa shape index (κ3) is 4.78. The van der Waals surface area contributed by atoms with Crippen LogP contribution in [0.15, 0.2) is 12.2 Å². The number of hydrogen-bond acceptors (Lipinski definition) is 3. The SMILES string of the molecule is C=C(C)CN(CC)C(=O)CN1CCCC(CN)C1. The monoisotopic (exact) mass is 253 g/mol. The van der Waals surface area contributed by atoms with Crippen LogP contribution in [0.4, 0.5) is 0 Å². The second kappa shape index (κ2) is 7.54. The molecule has 0 saturated carbocycles. The van der Waals surface area contributed by atoms with Gasteiger partial charge in [-0.3, -0.25) is 9.69 Å². The van der Waals surface area contributed by atoms with Crippen molar-refractivity contribution in [3.63, 3.8) is 0 Å². The fraction of sp³-hybridized carbons (Fsp3) is 0.786. The first-order valence-corrected chi connectivity index (χ1v) is 6.91. The first-order valence-electron chi connectivity index (χ1n) is 6.91. The molecule has 0 aromatic heterocycles. The molecule has 0 spiro atoms. The second-order valence-corrected chi connectivity index (χ2v) is 5.34. The minimum absolute atomic E-state index is 0.207. The van der Waals surface area contributed by atoms with Gasteiger partial charge in [-0.05, 0) is 45.7 Å². The summed E-state index contributed by atoms with van der Waals surface area (Å²) in [5.74, 6) is 0.765. The molecule has 0 aromatic carbocycles. The van der Waals surface area contributed by atoms with Gasteiger partial charge in [0.2, 0.25) is 5.91 Å². The molecule has 4 heteroatoms. The van der Waals surface area contributed by atoms with Crippen LogP contribution in [0.5, 0.6) is 0 Å². The normalized spacial score (nSPS) is 20.7. The summed E-state index contributed by atoms with van der Waals surface area (Å²) in [7, 11) is 0. The fourth-order valence-corrected chi connectivity index (χ4v) is 2.48. The summed E-state index contributed by atoms with van der Waals surface area (Å²) in [6.45, 7) is 12.5. The average molecular weight is 253 g/mol. The first-order chi connectivity index (χ1) is 8.56. The van der Waals surface area contributed by atoms with Crippen LogP contribution in [0, 0.1) is 5.92 Å². The Balaban J connectivity index is 2.44. The minimum atomic E-state index is 0.207. The van der Waals surface area contributed by atoms with Crippen molar-refractivity contribution < 1.29 is 4.79 Å². The molecule has 104 valence electrons. The van der Waals surface area contributed by atoms with E-state index in [9.17, 15) is 4.79 Å². The Bertz CT molecular complexity index is 291. The number of likely N-dealkylation sites (N-methyl/N-ethyl adjacent to an activating group) is 1. The van der Waals surface area contributed by atoms with Crippen molar-refractivity contribution in [2.45, 2.75) is 26.7 Å². The Morgan fingerprint density at radius 1 is 1.56 bits per heavy atom. The molecule has 1 saturated heterocycles. The van der Waals surface area contributed by atoms with E-state index in [1.807, 2.05) is 18.7 Å². The highest BCUT2D eigenvalue weighted by Crippen LogP contribution is 2.15. The van der Waals surface area contributed by atoms with E-state index in [1.165, 1.54) is 6.42 Å². The maximum Gasteiger partial charge on any atom is 0.237 e. The molecular weight excluding hydrogens is 226 g/mol. The Labute approximate surface area is 111 Å². The number of carbonyl (C=O) groups is 1. The molecule has 1 heterocycles. The van der Waals surface area contributed by atoms with Gasteiger partial charge in [-0.15, -0.1) is 0 Å². The molecule has 0 aromatic rings. The highest BCUT2D eigenvalue weighted by atomic mass is 16.2. The third-order valence-corrected chi connectivity index (χ3v) is 3.49. The Morgan fingerprint density at radius 3 is 2.83 bits per heavy atom. The molecule has 1 amide bonds. The predicted molar refractivity (Wildman–Crippen MR) is 75.3 cm³/mol. The molecule has 4 nitrogen and oxygen atoms in total. The molecule has 18 heavy (non-hydrogen) atoms. The van der Waals surface area contributed by atoms with Crippen LogP contribution in [0.3, 0.4) is 0 Å². The van der Waals surface area contributed by atoms with E-state index >= 15 is 0 Å². The molecule has 1 fully saturated rings. The summed E-state index contributed by atoms with van der Waals surface area (Å²) in [6, 6.07) is 0. The lowest BCUT2D eigenvalue weighted by Crippen LogP contribution is -2.45. The number of nitrogens with two attached hydrogens (primary N) is 1. The van der Waals surface area contributed by atoms with Crippen LogP contribution in [0.25, 0.3) is 0 Å². The number of carbonyl (C=O) groups excluding carboxylic acids is 1. The zero-order valence-corrected chi connectivity index (χ0v) is 11.8. The van der Waals surface area contributed by atoms with E-state index in [2.05, 4.69) is 11.5 Å². The number of likely N-dealkylation sites (tertiary alicyclic amines) is 1. The number of piperidine rings is 1. The number of amides is 1. The molecule has 0 radical (unpaired) electrons. The van der Waals surface area contributed by atoms with Gasteiger partial charge in [-0.2, -0.15) is 0 Å². The summed E-state index contributed by atoms with van der Waals surface area (Å²) < 4.78 is 0. The largest absolute Gasteiger partial charge is 0.338 e. The van der Waals surface area contributed by atoms with E-state index in [1.54, 1.807) is 0 Å². The van der Waals surface area contributed by atoms with E-state index in [0.717, 1.165) is 38.2 Å². The lowest BCUT2D eigenvalue weighted by Gasteiger charge is -2.33. The highest BCUT2D eigenvalue weighted by Gasteiger charge is 2.22. The Morgan fingerprint density at radius 2 is 2.28 bits per heavy atom. The molecule has 1 aliphatic heterocycles. The second-order valence-electron chi connectivity index (χ2n) is 5.34. The first kappa shape index (κ1) is 15.2. The van der Waals surface area contributed by atoms with Gasteiger partial charge in [0.05, 0.1) is 6.54 Å². The van der Waals surface area contributed by atoms with Gasteiger partial charge in [0.1, 0.15) is 0 Å². The standard InChI is InChI=1S/C14H27N3O/c1-4-17(9-12(2)3)14(18)11-16-7-5-6-13(8-15)10-16/h13H,2,4-11,15H2,1,3H3. The van der Waals surface area contributed by atoms with Crippen molar-refractivity contribution in [2.24, 2.45) is 11.7 Å². The van der Waals surface area contributed by atoms with Crippen molar-refractivity contribution >= 4 is 5.91 Å². The molecule has 1 atom stereocenters. The molecule has 1 unspecified atom stereocenters. The summed E-state index contributed by atoms with van der Waals surface area (Å²) in [6.07, 6.45) is 2.35. The summed E-state index contributed by atoms with van der Waals surface area (Å²) in [4.78, 5) is 16.3. The third-order valence-electron chi connectivity index (χ3n) is 3.49. The summed E-state index contributed by atoms with van der Waals surface area (Å²) in [5, 5.41) is 0. The lowest BCUT2D eigenvalue weighted by molar-refractivity contribution is -0.132. The molecule has 1 aliphatic rings. The molecule has 1 rings (SSSR count). The maximum absolute atomic E-state index is 12.2. The average Bonchev–Trinajstić information content (AvgIpc) is 2.35. The van der Waals surface area contributed by atoms with Gasteiger partial charge in [0, 0.05) is 19.6 Å². The van der Waals surface area contributed by atoms with Crippen LogP contribution in [-0.2, 0) is 4.79 Å². The smallest absolute Gasteiger partial charge is 0.237 e. The van der Waals surface area contributed by atoms with Crippen molar-refractivity contribution in [3.05, 3.63) is 12.2 Å². The van der Waals surface area contributed by atoms with Gasteiger partial charge in [-0.25, -0.2) is 0 Å². The zero-order valence-electron chi connectivity index (χ0n) is 11.8. The summed E-state index contributed by atoms with van der Waals surface area (Å²) >= 11 is 0. The maximum atomic E-state index is 12.2. The number of hydrogen-bond donors (Lipinski definition) is 1. The van der Waals surface area contributed by atoms with Crippen molar-refractivity contribution in [1.82, 2.24) is 9.80 Å². The zero-order chi connectivity index (χ0) is 13.5. The molecule has 0 bridgehead atoms. The van der Waals surface area contributed by atoms with Crippen molar-refractivity contribution in [1.29, 1.82) is 0 Å². The van der Waals surface area contributed by atoms with Crippen molar-refractivity contribution in [3.8, 4) is 0 Å². The van der Waals surface area contributed by atoms with Gasteiger partial charge in [0.25, 0.3) is 0 Å². The Hall–Kier alpha value is -0.870. The number of nitrogens with zero attached hydrogens (tertiary/aromatic N) is 2. The van der Waals surface area contributed by atoms with Gasteiger partial charge >= 0.3 is 0 Å². The van der Waals surface area contributed by atoms with E-state index < -0.39 is 0 Å². The van der Waals surface area contributed by atoms with Crippen LogP contribution >= 0.6 is 0 Å². The van der Waals surface area contributed by atoms with E-state index in [0.29, 0.717) is 19.0 Å². The number of rotatable bonds is 6. The van der Waals surface area contributed by atoms with Crippen LogP contribution in [0.2, 0.25) is 0 Å². The summed E-state index contributed by atoms with van der Waals surface area (Å²) in [5.41, 5.74) is 6.75.